The molecule has 0 saturated heterocycles. The molecule has 2 aromatic rings. The molecule has 2 N–H and O–H groups in total. The summed E-state index contributed by atoms with van der Waals surface area (Å²) in [6.45, 7) is 7.87. The van der Waals surface area contributed by atoms with E-state index in [4.69, 9.17) is 4.42 Å². The van der Waals surface area contributed by atoms with Crippen LogP contribution < -0.4 is 10.6 Å². The lowest BCUT2D eigenvalue weighted by molar-refractivity contribution is 0.0827. The molecule has 0 spiro atoms. The number of hydrogen-bond donors (Lipinski definition) is 2. The molecule has 0 atom stereocenters. The van der Waals surface area contributed by atoms with Gasteiger partial charge in [0.1, 0.15) is 5.76 Å². The third kappa shape index (κ3) is 7.31. The number of benzene rings is 1. The van der Waals surface area contributed by atoms with Gasteiger partial charge in [0, 0.05) is 39.2 Å². The molecule has 0 radical (unpaired) electrons. The van der Waals surface area contributed by atoms with Crippen molar-refractivity contribution < 1.29 is 9.21 Å². The van der Waals surface area contributed by atoms with Gasteiger partial charge in [-0.15, -0.1) is 0 Å². The van der Waals surface area contributed by atoms with Crippen LogP contribution in [0.1, 0.15) is 28.6 Å². The van der Waals surface area contributed by atoms with Crippen LogP contribution in [0.5, 0.6) is 0 Å². The fourth-order valence-electron chi connectivity index (χ4n) is 2.59. The van der Waals surface area contributed by atoms with Crippen LogP contribution in [-0.2, 0) is 12.8 Å². The Morgan fingerprint density at radius 1 is 1.14 bits per heavy atom. The van der Waals surface area contributed by atoms with E-state index in [9.17, 15) is 4.79 Å². The van der Waals surface area contributed by atoms with Crippen LogP contribution in [0.15, 0.2) is 64.2 Å². The van der Waals surface area contributed by atoms with Gasteiger partial charge in [-0.25, -0.2) is 4.99 Å². The van der Waals surface area contributed by atoms with Crippen LogP contribution >= 0.6 is 0 Å². The van der Waals surface area contributed by atoms with E-state index in [2.05, 4.69) is 22.2 Å². The number of aliphatic imine (C=N–C) groups is 1. The quantitative estimate of drug-likeness (QED) is 0.397. The Morgan fingerprint density at radius 3 is 2.54 bits per heavy atom. The Balaban J connectivity index is 1.88. The standard InChI is InChI=1S/C22H30N4O2/c1-17(2)16-25-22(24-13-11-20-9-6-14-28-20)23-12-10-18-7-5-8-19(15-18)21(27)26(3)4/h5-9,14-15H,1,10-13,16H2,2-4H3,(H2,23,24,25). The Bertz CT molecular complexity index is 795. The molecule has 0 bridgehead atoms. The summed E-state index contributed by atoms with van der Waals surface area (Å²) in [7, 11) is 3.52. The van der Waals surface area contributed by atoms with Crippen molar-refractivity contribution in [3.05, 3.63) is 71.7 Å². The molecule has 1 aromatic heterocycles. The summed E-state index contributed by atoms with van der Waals surface area (Å²) < 4.78 is 5.35. The fourth-order valence-corrected chi connectivity index (χ4v) is 2.59. The molecule has 0 aliphatic rings. The predicted molar refractivity (Wildman–Crippen MR) is 114 cm³/mol. The molecule has 150 valence electrons. The van der Waals surface area contributed by atoms with Gasteiger partial charge in [0.15, 0.2) is 5.96 Å². The van der Waals surface area contributed by atoms with Crippen molar-refractivity contribution in [3.63, 3.8) is 0 Å². The van der Waals surface area contributed by atoms with E-state index in [0.29, 0.717) is 18.7 Å². The number of guanidine groups is 1. The molecule has 28 heavy (non-hydrogen) atoms. The Kier molecular flexibility index (Phi) is 8.34. The van der Waals surface area contributed by atoms with E-state index in [1.165, 1.54) is 0 Å². The first kappa shape index (κ1) is 21.3. The highest BCUT2D eigenvalue weighted by atomic mass is 16.3. The van der Waals surface area contributed by atoms with E-state index >= 15 is 0 Å². The maximum Gasteiger partial charge on any atom is 0.253 e. The minimum atomic E-state index is 0.0121. The number of furan rings is 1. The molecule has 0 fully saturated rings. The Morgan fingerprint density at radius 2 is 1.89 bits per heavy atom. The van der Waals surface area contributed by atoms with Crippen molar-refractivity contribution in [1.29, 1.82) is 0 Å². The largest absolute Gasteiger partial charge is 0.469 e. The molecule has 0 unspecified atom stereocenters. The smallest absolute Gasteiger partial charge is 0.253 e. The second kappa shape index (κ2) is 11.0. The zero-order chi connectivity index (χ0) is 20.4. The molecular formula is C22H30N4O2. The van der Waals surface area contributed by atoms with Crippen molar-refractivity contribution in [2.45, 2.75) is 19.8 Å². The normalized spacial score (nSPS) is 11.2. The summed E-state index contributed by atoms with van der Waals surface area (Å²) in [6.07, 6.45) is 3.26. The summed E-state index contributed by atoms with van der Waals surface area (Å²) >= 11 is 0. The molecular weight excluding hydrogens is 352 g/mol. The number of nitrogens with one attached hydrogen (secondary N) is 2. The Hall–Kier alpha value is -3.02. The highest BCUT2D eigenvalue weighted by Gasteiger charge is 2.08. The van der Waals surface area contributed by atoms with Crippen molar-refractivity contribution in [2.75, 3.05) is 33.7 Å². The van der Waals surface area contributed by atoms with Crippen molar-refractivity contribution >= 4 is 11.9 Å². The lowest BCUT2D eigenvalue weighted by Crippen LogP contribution is -2.39. The number of amides is 1. The molecule has 1 amide bonds. The maximum atomic E-state index is 12.1. The fraction of sp³-hybridized carbons (Fsp3) is 0.364. The molecule has 2 rings (SSSR count). The summed E-state index contributed by atoms with van der Waals surface area (Å²) in [5, 5.41) is 6.67. The molecule has 6 heteroatoms. The van der Waals surface area contributed by atoms with Crippen LogP contribution in [0.3, 0.4) is 0 Å². The third-order valence-electron chi connectivity index (χ3n) is 4.04. The van der Waals surface area contributed by atoms with E-state index in [1.54, 1.807) is 25.3 Å². The average molecular weight is 383 g/mol. The number of rotatable bonds is 9. The SMILES string of the molecule is C=C(C)CN=C(NCCc1cccc(C(=O)N(C)C)c1)NCCc1ccco1. The second-order valence-corrected chi connectivity index (χ2v) is 6.95. The van der Waals surface area contributed by atoms with E-state index in [0.717, 1.165) is 42.2 Å². The third-order valence-corrected chi connectivity index (χ3v) is 4.04. The number of carbonyl (C=O) groups excluding carboxylic acids is 1. The van der Waals surface area contributed by atoms with Gasteiger partial charge < -0.3 is 20.0 Å². The highest BCUT2D eigenvalue weighted by molar-refractivity contribution is 5.94. The first-order chi connectivity index (χ1) is 13.5. The van der Waals surface area contributed by atoms with Gasteiger partial charge in [-0.2, -0.15) is 0 Å². The van der Waals surface area contributed by atoms with Crippen LogP contribution in [0.25, 0.3) is 0 Å². The minimum Gasteiger partial charge on any atom is -0.469 e. The van der Waals surface area contributed by atoms with Gasteiger partial charge >= 0.3 is 0 Å². The van der Waals surface area contributed by atoms with Gasteiger partial charge in [0.05, 0.1) is 12.8 Å². The van der Waals surface area contributed by atoms with Gasteiger partial charge in [-0.3, -0.25) is 4.79 Å². The summed E-state index contributed by atoms with van der Waals surface area (Å²) in [6, 6.07) is 11.6. The predicted octanol–water partition coefficient (Wildman–Crippen LogP) is 2.88. The first-order valence-corrected chi connectivity index (χ1v) is 9.45. The maximum absolute atomic E-state index is 12.1. The summed E-state index contributed by atoms with van der Waals surface area (Å²) in [5.41, 5.74) is 2.81. The van der Waals surface area contributed by atoms with Crippen molar-refractivity contribution in [3.8, 4) is 0 Å². The zero-order valence-corrected chi connectivity index (χ0v) is 17.0. The van der Waals surface area contributed by atoms with E-state index in [1.807, 2.05) is 43.3 Å². The Labute approximate surface area is 167 Å². The average Bonchev–Trinajstić information content (AvgIpc) is 3.18. The second-order valence-electron chi connectivity index (χ2n) is 6.95. The topological polar surface area (TPSA) is 69.9 Å². The zero-order valence-electron chi connectivity index (χ0n) is 17.0. The van der Waals surface area contributed by atoms with Crippen molar-refractivity contribution in [1.82, 2.24) is 15.5 Å². The number of carbonyl (C=O) groups is 1. The van der Waals surface area contributed by atoms with Crippen LogP contribution in [-0.4, -0.2) is 50.5 Å². The number of nitrogens with zero attached hydrogens (tertiary/aromatic N) is 2. The number of hydrogen-bond acceptors (Lipinski definition) is 3. The van der Waals surface area contributed by atoms with Crippen molar-refractivity contribution in [2.24, 2.45) is 4.99 Å². The summed E-state index contributed by atoms with van der Waals surface area (Å²) in [4.78, 5) is 18.2. The molecule has 1 aromatic carbocycles. The summed E-state index contributed by atoms with van der Waals surface area (Å²) in [5.74, 6) is 1.70. The van der Waals surface area contributed by atoms with E-state index < -0.39 is 0 Å². The van der Waals surface area contributed by atoms with Gasteiger partial charge in [-0.1, -0.05) is 24.3 Å². The van der Waals surface area contributed by atoms with Crippen LogP contribution in [0, 0.1) is 0 Å². The molecule has 1 heterocycles. The van der Waals surface area contributed by atoms with Gasteiger partial charge in [-0.05, 0) is 43.2 Å². The minimum absolute atomic E-state index is 0.0121. The lowest BCUT2D eigenvalue weighted by atomic mass is 10.1. The lowest BCUT2D eigenvalue weighted by Gasteiger charge is -2.13. The first-order valence-electron chi connectivity index (χ1n) is 9.45. The molecule has 0 saturated carbocycles. The van der Waals surface area contributed by atoms with Gasteiger partial charge in [0.2, 0.25) is 0 Å². The monoisotopic (exact) mass is 382 g/mol. The van der Waals surface area contributed by atoms with Crippen LogP contribution in [0.4, 0.5) is 0 Å². The molecule has 0 aliphatic carbocycles. The van der Waals surface area contributed by atoms with E-state index in [-0.39, 0.29) is 5.91 Å². The highest BCUT2D eigenvalue weighted by Crippen LogP contribution is 2.08. The molecule has 6 nitrogen and oxygen atoms in total. The molecule has 0 aliphatic heterocycles. The van der Waals surface area contributed by atoms with Gasteiger partial charge in [0.25, 0.3) is 5.91 Å². The van der Waals surface area contributed by atoms with Crippen LogP contribution in [0.2, 0.25) is 0 Å².